The fourth-order valence-corrected chi connectivity index (χ4v) is 19.6. The molecule has 5 fully saturated rings. The highest BCUT2D eigenvalue weighted by Crippen LogP contribution is 2.41. The van der Waals surface area contributed by atoms with Crippen LogP contribution in [0.15, 0.2) is 108 Å². The van der Waals surface area contributed by atoms with E-state index in [4.69, 9.17) is 42.3 Å². The Balaban J connectivity index is 1.03. The predicted molar refractivity (Wildman–Crippen MR) is 356 cm³/mol. The second-order valence-electron chi connectivity index (χ2n) is 28.5. The summed E-state index contributed by atoms with van der Waals surface area (Å²) in [7, 11) is 0.138. The molecule has 19 heteroatoms. The van der Waals surface area contributed by atoms with E-state index in [0.717, 1.165) is 5.57 Å². The number of amides is 1. The summed E-state index contributed by atoms with van der Waals surface area (Å²) in [6.07, 6.45) is 8.32. The molecule has 18 nitrogen and oxygen atoms in total. The monoisotopic (exact) mass is 1310 g/mol. The van der Waals surface area contributed by atoms with Crippen LogP contribution in [-0.4, -0.2) is 184 Å². The van der Waals surface area contributed by atoms with Gasteiger partial charge in [-0.05, 0) is 122 Å². The third-order valence-corrected chi connectivity index (χ3v) is 25.7. The van der Waals surface area contributed by atoms with Crippen LogP contribution in [0.1, 0.15) is 146 Å². The van der Waals surface area contributed by atoms with Crippen LogP contribution in [0.3, 0.4) is 0 Å². The van der Waals surface area contributed by atoms with Crippen molar-refractivity contribution in [3.05, 3.63) is 108 Å². The Morgan fingerprint density at radius 2 is 1.42 bits per heavy atom. The van der Waals surface area contributed by atoms with Gasteiger partial charge in [-0.2, -0.15) is 0 Å². The number of hydrogen-bond donors (Lipinski definition) is 3. The number of ether oxygens (including phenoxy) is 8. The Labute approximate surface area is 553 Å². The summed E-state index contributed by atoms with van der Waals surface area (Å²) in [5.41, 5.74) is 1.18. The van der Waals surface area contributed by atoms with Gasteiger partial charge in [0, 0.05) is 51.4 Å². The first kappa shape index (κ1) is 73.9. The van der Waals surface area contributed by atoms with Crippen LogP contribution in [0.2, 0.25) is 5.04 Å². The lowest BCUT2D eigenvalue weighted by Gasteiger charge is -2.43. The number of rotatable bonds is 14. The maximum Gasteiger partial charge on any atom is 0.329 e. The summed E-state index contributed by atoms with van der Waals surface area (Å²) in [6, 6.07) is 19.8. The number of carbonyl (C=O) groups is 5. The Morgan fingerprint density at radius 1 is 0.753 bits per heavy atom. The lowest BCUT2D eigenvalue weighted by molar-refractivity contribution is -0.266. The van der Waals surface area contributed by atoms with Gasteiger partial charge in [0.05, 0.1) is 50.8 Å². The van der Waals surface area contributed by atoms with Crippen molar-refractivity contribution in [2.75, 3.05) is 47.2 Å². The number of esters is 1. The lowest BCUT2D eigenvalue weighted by atomic mass is 9.78. The van der Waals surface area contributed by atoms with Gasteiger partial charge in [-0.1, -0.05) is 153 Å². The summed E-state index contributed by atoms with van der Waals surface area (Å²) in [6.45, 7) is 20.6. The first-order valence-electron chi connectivity index (χ1n) is 34.2. The number of cyclic esters (lactones) is 1. The summed E-state index contributed by atoms with van der Waals surface area (Å²) in [5.74, 6) is -8.51. The quantitative estimate of drug-likeness (QED) is 0.0528. The molecule has 2 aromatic carbocycles. The molecule has 1 saturated carbocycles. The highest BCUT2D eigenvalue weighted by Gasteiger charge is 2.55. The second kappa shape index (κ2) is 33.4. The van der Waals surface area contributed by atoms with Gasteiger partial charge >= 0.3 is 5.97 Å². The minimum Gasteiger partial charge on any atom is -0.460 e. The van der Waals surface area contributed by atoms with Crippen molar-refractivity contribution in [1.82, 2.24) is 4.90 Å². The van der Waals surface area contributed by atoms with Crippen molar-refractivity contribution >= 4 is 47.9 Å². The van der Waals surface area contributed by atoms with Gasteiger partial charge in [0.2, 0.25) is 5.79 Å². The fourth-order valence-electron chi connectivity index (χ4n) is 15.1. The molecule has 3 N–H and O–H groups in total. The second-order valence-corrected chi connectivity index (χ2v) is 32.9. The Morgan fingerprint density at radius 3 is 2.08 bits per heavy atom. The molecule has 4 saturated heterocycles. The van der Waals surface area contributed by atoms with Gasteiger partial charge in [-0.15, -0.1) is 0 Å². The summed E-state index contributed by atoms with van der Waals surface area (Å²) in [5, 5.41) is 37.0. The summed E-state index contributed by atoms with van der Waals surface area (Å²) < 4.78 is 57.8. The Kier molecular flexibility index (Phi) is 26.5. The first-order chi connectivity index (χ1) is 44.3. The number of nitrogens with zero attached hydrogens (tertiary/aromatic N) is 1. The largest absolute Gasteiger partial charge is 0.460 e. The molecule has 93 heavy (non-hydrogen) atoms. The van der Waals surface area contributed by atoms with Crippen molar-refractivity contribution in [3.63, 3.8) is 0 Å². The molecule has 19 atom stereocenters. The number of piperidine rings is 1. The van der Waals surface area contributed by atoms with Gasteiger partial charge in [0.15, 0.2) is 5.78 Å². The van der Waals surface area contributed by atoms with Crippen LogP contribution in [-0.2, 0) is 66.3 Å². The lowest BCUT2D eigenvalue weighted by Crippen LogP contribution is -2.66. The first-order valence-corrected chi connectivity index (χ1v) is 36.1. The molecule has 2 aromatic rings. The fraction of sp³-hybridized carbons (Fsp3) is 0.662. The van der Waals surface area contributed by atoms with Crippen LogP contribution in [0.5, 0.6) is 0 Å². The smallest absolute Gasteiger partial charge is 0.329 e. The van der Waals surface area contributed by atoms with Gasteiger partial charge < -0.3 is 62.5 Å². The van der Waals surface area contributed by atoms with E-state index >= 15 is 0 Å². The molecule has 1 amide bonds. The molecular weight excluding hydrogens is 1200 g/mol. The van der Waals surface area contributed by atoms with Gasteiger partial charge in [-0.25, -0.2) is 4.79 Å². The van der Waals surface area contributed by atoms with Crippen LogP contribution >= 0.6 is 0 Å². The maximum atomic E-state index is 14.8. The molecule has 6 aliphatic rings. The average Bonchev–Trinajstić information content (AvgIpc) is 1.38. The summed E-state index contributed by atoms with van der Waals surface area (Å²) in [4.78, 5) is 73.9. The molecule has 5 heterocycles. The molecule has 514 valence electrons. The van der Waals surface area contributed by atoms with Crippen LogP contribution in [0, 0.1) is 35.5 Å². The minimum atomic E-state index is -2.81. The van der Waals surface area contributed by atoms with E-state index in [0.29, 0.717) is 76.6 Å². The average molecular weight is 1310 g/mol. The van der Waals surface area contributed by atoms with Crippen molar-refractivity contribution in [3.8, 4) is 0 Å². The minimum absolute atomic E-state index is 0.0459. The number of methoxy groups -OCH3 is 2. The normalized spacial score (nSPS) is 35.9. The van der Waals surface area contributed by atoms with Crippen molar-refractivity contribution in [1.29, 1.82) is 0 Å². The zero-order valence-corrected chi connectivity index (χ0v) is 58.2. The molecule has 8 rings (SSSR count). The number of allylic oxidation sites excluding steroid dienone is 6. The number of hydrogen-bond acceptors (Lipinski definition) is 17. The van der Waals surface area contributed by atoms with Gasteiger partial charge in [0.25, 0.3) is 20.0 Å². The maximum absolute atomic E-state index is 14.8. The third kappa shape index (κ3) is 17.8. The standard InChI is InChI=1S/C74H107NO17Si/c1-46-24-16-13-17-25-47(2)60(90-64-45-88-67-63(44-87-68(64)67)86-36-37-89-93(73(8,9)10,55-26-18-14-19-27-55)56-28-20-15-21-29-56)42-54-33-31-52(7)74(83,92-54)70(80)71(81)75-35-23-22-30-57(75)72(82)91-61(49(4)40-53-32-34-58(76)62(41-53)84-11)43-59(77)48(3)39-51(6)66(79)69(85-12)65(78)50(5)38-46/h13-21,24-29,39,46,48-50,52-54,57-58,60-64,66-69,76,79,83H,22-23,30-38,40-45H2,1-12H3/b17-13?,24-16+,47-25?,51-39+/t46-,48-,49-,50-,52-,53+,54+,57+,58-,60+,61+,62-,63+,64-,66-,67-,68-,69+,74-/m1/s1. The topological polar surface area (TPSA) is 232 Å². The van der Waals surface area contributed by atoms with Crippen molar-refractivity contribution in [2.24, 2.45) is 35.5 Å². The molecule has 1 aliphatic carbocycles. The number of aliphatic hydroxyl groups excluding tert-OH is 2. The van der Waals surface area contributed by atoms with E-state index in [-0.39, 0.29) is 79.5 Å². The van der Waals surface area contributed by atoms with E-state index in [1.807, 2.05) is 70.2 Å². The van der Waals surface area contributed by atoms with Crippen LogP contribution in [0.25, 0.3) is 0 Å². The molecule has 0 unspecified atom stereocenters. The van der Waals surface area contributed by atoms with E-state index in [9.17, 15) is 39.3 Å². The zero-order chi connectivity index (χ0) is 67.4. The van der Waals surface area contributed by atoms with Gasteiger partial charge in [-0.3, -0.25) is 19.2 Å². The number of benzene rings is 2. The third-order valence-electron chi connectivity index (χ3n) is 20.6. The molecule has 2 bridgehead atoms. The highest BCUT2D eigenvalue weighted by atomic mass is 28.4. The van der Waals surface area contributed by atoms with E-state index in [2.05, 4.69) is 69.3 Å². The number of aliphatic hydroxyl groups is 3. The highest BCUT2D eigenvalue weighted by molar-refractivity contribution is 6.99. The van der Waals surface area contributed by atoms with Gasteiger partial charge in [0.1, 0.15) is 54.6 Å². The van der Waals surface area contributed by atoms with Crippen LogP contribution in [0.4, 0.5) is 0 Å². The number of fused-ring (bicyclic) bond motifs is 4. The van der Waals surface area contributed by atoms with Crippen molar-refractivity contribution < 1.29 is 81.6 Å². The molecule has 0 spiro atoms. The Bertz CT molecular complexity index is 2890. The van der Waals surface area contributed by atoms with E-state index < -0.39 is 117 Å². The summed E-state index contributed by atoms with van der Waals surface area (Å²) >= 11 is 0. The molecule has 5 aliphatic heterocycles. The number of carbonyl (C=O) groups excluding carboxylic acids is 5. The number of ketones is 3. The van der Waals surface area contributed by atoms with Crippen molar-refractivity contribution in [2.45, 2.75) is 230 Å². The Hall–Kier alpha value is -4.87. The van der Waals surface area contributed by atoms with Crippen LogP contribution < -0.4 is 10.4 Å². The number of Topliss-reactive ketones (excluding diaryl/α,β-unsaturated/α-hetero) is 3. The van der Waals surface area contributed by atoms with E-state index in [1.165, 1.54) is 22.4 Å². The molecule has 0 aromatic heterocycles. The van der Waals surface area contributed by atoms with E-state index in [1.54, 1.807) is 34.0 Å². The molecular formula is C74H107NO17Si. The zero-order valence-electron chi connectivity index (χ0n) is 57.2. The SMILES string of the molecule is CO[C@@H]1C[C@H](C[C@@H](C)[C@@H]2CC(=O)[C@H](C)/C=C(\C)[C@@H](O)[C@@H](OC)C(=O)[C@H](C)C[C@H](C)/C=C/C=CC=C(C)[C@@H](O[C@@H]3CO[C@H]4[C@@H]3OC[C@@H]4OCCO[Si](c3ccccc3)(c3ccccc3)C(C)(C)C)C[C@@H]3CC[C@@H](C)[C@@](O)(O3)C(=O)C(=O)N3CCCC[C@H]3C(=O)O2)CC[C@H]1O. The molecule has 0 radical (unpaired) electrons. The predicted octanol–water partition coefficient (Wildman–Crippen LogP) is 8.68.